The van der Waals surface area contributed by atoms with Crippen molar-refractivity contribution < 1.29 is 14.2 Å². The summed E-state index contributed by atoms with van der Waals surface area (Å²) in [5, 5.41) is 6.77. The lowest BCUT2D eigenvalue weighted by Crippen LogP contribution is -2.43. The second-order valence-corrected chi connectivity index (χ2v) is 7.17. The number of rotatable bonds is 13. The van der Waals surface area contributed by atoms with Gasteiger partial charge in [0.2, 0.25) is 0 Å². The van der Waals surface area contributed by atoms with Crippen LogP contribution in [-0.2, 0) is 14.2 Å². The summed E-state index contributed by atoms with van der Waals surface area (Å²) in [6.07, 6.45) is 5.91. The van der Waals surface area contributed by atoms with Crippen LogP contribution in [-0.4, -0.2) is 90.3 Å². The average Bonchev–Trinajstić information content (AvgIpc) is 3.51. The van der Waals surface area contributed by atoms with Gasteiger partial charge in [-0.15, -0.1) is 0 Å². The van der Waals surface area contributed by atoms with Gasteiger partial charge in [0.1, 0.15) is 0 Å². The topological polar surface area (TPSA) is 67.4 Å². The zero-order chi connectivity index (χ0) is 18.5. The number of aliphatic imine (C=N–C) groups is 1. The van der Waals surface area contributed by atoms with E-state index in [0.29, 0.717) is 5.92 Å². The van der Waals surface area contributed by atoms with Gasteiger partial charge in [0.25, 0.3) is 0 Å². The Kier molecular flexibility index (Phi) is 11.0. The second-order valence-electron chi connectivity index (χ2n) is 7.17. The Hall–Kier alpha value is -0.890. The highest BCUT2D eigenvalue weighted by molar-refractivity contribution is 5.79. The summed E-state index contributed by atoms with van der Waals surface area (Å²) in [5.41, 5.74) is 0. The standard InChI is InChI=1S/C19H38N4O3/c1-20-19(22-9-10-23(11-15-24-2)18-4-5-18)21-8-3-12-26-16-17-6-13-25-14-7-17/h17-18H,3-16H2,1-2H3,(H2,20,21,22). The van der Waals surface area contributed by atoms with Crippen LogP contribution in [0.3, 0.4) is 0 Å². The van der Waals surface area contributed by atoms with Crippen LogP contribution >= 0.6 is 0 Å². The molecule has 0 aromatic rings. The van der Waals surface area contributed by atoms with Crippen LogP contribution in [0.25, 0.3) is 0 Å². The van der Waals surface area contributed by atoms with E-state index in [9.17, 15) is 0 Å². The molecule has 26 heavy (non-hydrogen) atoms. The summed E-state index contributed by atoms with van der Waals surface area (Å²) in [6, 6.07) is 0.759. The Bertz CT molecular complexity index is 385. The molecule has 7 nitrogen and oxygen atoms in total. The quantitative estimate of drug-likeness (QED) is 0.287. The van der Waals surface area contributed by atoms with Gasteiger partial charge in [-0.25, -0.2) is 0 Å². The predicted molar refractivity (Wildman–Crippen MR) is 105 cm³/mol. The van der Waals surface area contributed by atoms with Crippen LogP contribution in [0.5, 0.6) is 0 Å². The lowest BCUT2D eigenvalue weighted by atomic mass is 10.0. The summed E-state index contributed by atoms with van der Waals surface area (Å²) in [6.45, 7) is 8.08. The van der Waals surface area contributed by atoms with Crippen molar-refractivity contribution in [1.82, 2.24) is 15.5 Å². The van der Waals surface area contributed by atoms with Crippen molar-refractivity contribution >= 4 is 5.96 Å². The molecule has 7 heteroatoms. The zero-order valence-electron chi connectivity index (χ0n) is 16.7. The summed E-state index contributed by atoms with van der Waals surface area (Å²) in [4.78, 5) is 6.80. The lowest BCUT2D eigenvalue weighted by molar-refractivity contribution is 0.0203. The smallest absolute Gasteiger partial charge is 0.191 e. The SMILES string of the molecule is CN=C(NCCCOCC1CCOCC1)NCCN(CCOC)C1CC1. The van der Waals surface area contributed by atoms with E-state index >= 15 is 0 Å². The van der Waals surface area contributed by atoms with E-state index < -0.39 is 0 Å². The number of nitrogens with one attached hydrogen (secondary N) is 2. The summed E-state index contributed by atoms with van der Waals surface area (Å²) >= 11 is 0. The monoisotopic (exact) mass is 370 g/mol. The Labute approximate surface area is 158 Å². The van der Waals surface area contributed by atoms with E-state index in [0.717, 1.165) is 90.5 Å². The van der Waals surface area contributed by atoms with Gasteiger partial charge in [-0.3, -0.25) is 9.89 Å². The number of guanidine groups is 1. The minimum absolute atomic E-state index is 0.679. The third-order valence-electron chi connectivity index (χ3n) is 5.01. The van der Waals surface area contributed by atoms with Crippen LogP contribution in [0, 0.1) is 5.92 Å². The highest BCUT2D eigenvalue weighted by atomic mass is 16.5. The van der Waals surface area contributed by atoms with E-state index in [4.69, 9.17) is 14.2 Å². The Morgan fingerprint density at radius 3 is 2.54 bits per heavy atom. The molecule has 152 valence electrons. The van der Waals surface area contributed by atoms with Crippen molar-refractivity contribution in [3.05, 3.63) is 0 Å². The van der Waals surface area contributed by atoms with Gasteiger partial charge in [-0.05, 0) is 38.0 Å². The molecule has 0 spiro atoms. The maximum Gasteiger partial charge on any atom is 0.191 e. The molecule has 1 saturated heterocycles. The van der Waals surface area contributed by atoms with Crippen LogP contribution in [0.2, 0.25) is 0 Å². The number of methoxy groups -OCH3 is 1. The molecule has 1 aliphatic carbocycles. The van der Waals surface area contributed by atoms with Crippen molar-refractivity contribution in [3.63, 3.8) is 0 Å². The van der Waals surface area contributed by atoms with Crippen LogP contribution < -0.4 is 10.6 Å². The maximum absolute atomic E-state index is 5.80. The molecule has 1 saturated carbocycles. The molecule has 2 fully saturated rings. The first-order valence-corrected chi connectivity index (χ1v) is 10.2. The first-order chi connectivity index (χ1) is 12.8. The van der Waals surface area contributed by atoms with E-state index in [2.05, 4.69) is 20.5 Å². The predicted octanol–water partition coefficient (Wildman–Crippen LogP) is 1.10. The molecular weight excluding hydrogens is 332 g/mol. The largest absolute Gasteiger partial charge is 0.383 e. The highest BCUT2D eigenvalue weighted by Crippen LogP contribution is 2.25. The Morgan fingerprint density at radius 2 is 1.85 bits per heavy atom. The summed E-state index contributed by atoms with van der Waals surface area (Å²) in [5.74, 6) is 1.55. The van der Waals surface area contributed by atoms with Crippen molar-refractivity contribution in [2.75, 3.05) is 73.4 Å². The minimum atomic E-state index is 0.679. The molecule has 0 aromatic heterocycles. The number of ether oxygens (including phenoxy) is 3. The summed E-state index contributed by atoms with van der Waals surface area (Å²) < 4.78 is 16.4. The number of hydrogen-bond donors (Lipinski definition) is 2. The fraction of sp³-hybridized carbons (Fsp3) is 0.947. The molecule has 0 bridgehead atoms. The Morgan fingerprint density at radius 1 is 1.08 bits per heavy atom. The molecule has 0 unspecified atom stereocenters. The molecular formula is C19H38N4O3. The van der Waals surface area contributed by atoms with E-state index in [-0.39, 0.29) is 0 Å². The van der Waals surface area contributed by atoms with Crippen molar-refractivity contribution in [2.24, 2.45) is 10.9 Å². The lowest BCUT2D eigenvalue weighted by Gasteiger charge is -2.22. The molecule has 1 heterocycles. The van der Waals surface area contributed by atoms with Crippen molar-refractivity contribution in [3.8, 4) is 0 Å². The fourth-order valence-electron chi connectivity index (χ4n) is 3.21. The van der Waals surface area contributed by atoms with Gasteiger partial charge >= 0.3 is 0 Å². The van der Waals surface area contributed by atoms with Gasteiger partial charge in [-0.1, -0.05) is 0 Å². The average molecular weight is 371 g/mol. The molecule has 0 radical (unpaired) electrons. The van der Waals surface area contributed by atoms with Gasteiger partial charge in [0.15, 0.2) is 5.96 Å². The molecule has 2 N–H and O–H groups in total. The molecule has 0 aromatic carbocycles. The van der Waals surface area contributed by atoms with Gasteiger partial charge in [-0.2, -0.15) is 0 Å². The molecule has 0 atom stereocenters. The van der Waals surface area contributed by atoms with Gasteiger partial charge in [0, 0.05) is 72.8 Å². The van der Waals surface area contributed by atoms with Crippen molar-refractivity contribution in [2.45, 2.75) is 38.1 Å². The van der Waals surface area contributed by atoms with E-state index in [1.807, 2.05) is 7.05 Å². The van der Waals surface area contributed by atoms with Crippen LogP contribution in [0.15, 0.2) is 4.99 Å². The van der Waals surface area contributed by atoms with Crippen molar-refractivity contribution in [1.29, 1.82) is 0 Å². The molecule has 0 amide bonds. The normalized spacial score (nSPS) is 19.1. The fourth-order valence-corrected chi connectivity index (χ4v) is 3.21. The van der Waals surface area contributed by atoms with Gasteiger partial charge < -0.3 is 24.8 Å². The number of nitrogens with zero attached hydrogens (tertiary/aromatic N) is 2. The van der Waals surface area contributed by atoms with Gasteiger partial charge in [0.05, 0.1) is 6.61 Å². The molecule has 1 aliphatic heterocycles. The van der Waals surface area contributed by atoms with Crippen LogP contribution in [0.4, 0.5) is 0 Å². The van der Waals surface area contributed by atoms with Crippen LogP contribution in [0.1, 0.15) is 32.1 Å². The minimum Gasteiger partial charge on any atom is -0.383 e. The number of hydrogen-bond acceptors (Lipinski definition) is 5. The van der Waals surface area contributed by atoms with E-state index in [1.54, 1.807) is 7.11 Å². The maximum atomic E-state index is 5.80. The second kappa shape index (κ2) is 13.3. The summed E-state index contributed by atoms with van der Waals surface area (Å²) in [7, 11) is 3.59. The first kappa shape index (κ1) is 21.4. The zero-order valence-corrected chi connectivity index (χ0v) is 16.7. The highest BCUT2D eigenvalue weighted by Gasteiger charge is 2.28. The first-order valence-electron chi connectivity index (χ1n) is 10.2. The Balaban J connectivity index is 1.46. The third kappa shape index (κ3) is 9.16. The molecule has 2 rings (SSSR count). The third-order valence-corrected chi connectivity index (χ3v) is 5.01. The molecule has 2 aliphatic rings. The van der Waals surface area contributed by atoms with E-state index in [1.165, 1.54) is 12.8 Å².